The van der Waals surface area contributed by atoms with Crippen LogP contribution in [0.5, 0.6) is 0 Å². The first kappa shape index (κ1) is 18.2. The lowest BCUT2D eigenvalue weighted by Crippen LogP contribution is -2.43. The van der Waals surface area contributed by atoms with Crippen molar-refractivity contribution in [2.45, 2.75) is 51.0 Å². The van der Waals surface area contributed by atoms with Gasteiger partial charge in [-0.1, -0.05) is 6.42 Å². The summed E-state index contributed by atoms with van der Waals surface area (Å²) in [4.78, 5) is 28.5. The van der Waals surface area contributed by atoms with Crippen molar-refractivity contribution >= 4 is 11.8 Å². The molecule has 23 heavy (non-hydrogen) atoms. The minimum absolute atomic E-state index is 0.0459. The molecular weight excluding hydrogens is 294 g/mol. The van der Waals surface area contributed by atoms with Crippen LogP contribution < -0.4 is 5.32 Å². The van der Waals surface area contributed by atoms with E-state index in [4.69, 9.17) is 4.74 Å². The number of piperidine rings is 1. The Balaban J connectivity index is 1.92. The van der Waals surface area contributed by atoms with Crippen LogP contribution in [0.2, 0.25) is 0 Å². The largest absolute Gasteiger partial charge is 0.375 e. The second-order valence-electron chi connectivity index (χ2n) is 6.61. The minimum atomic E-state index is 0.0459. The molecule has 2 amide bonds. The number of methoxy groups -OCH3 is 1. The maximum atomic E-state index is 12.1. The van der Waals surface area contributed by atoms with E-state index in [0.29, 0.717) is 25.6 Å². The number of carbonyl (C=O) groups is 2. The Morgan fingerprint density at radius 3 is 2.61 bits per heavy atom. The number of nitrogens with zero attached hydrogens (tertiary/aromatic N) is 2. The summed E-state index contributed by atoms with van der Waals surface area (Å²) >= 11 is 0. The topological polar surface area (TPSA) is 61.9 Å². The predicted molar refractivity (Wildman–Crippen MR) is 89.1 cm³/mol. The molecule has 2 aliphatic rings. The van der Waals surface area contributed by atoms with Gasteiger partial charge >= 0.3 is 0 Å². The third-order valence-corrected chi connectivity index (χ3v) is 4.84. The molecule has 0 bridgehead atoms. The Bertz CT molecular complexity index is 389. The number of fused-ring (bicyclic) bond motifs is 1. The molecule has 0 saturated carbocycles. The molecule has 1 N–H and O–H groups in total. The molecule has 0 aliphatic carbocycles. The minimum Gasteiger partial charge on any atom is -0.375 e. The van der Waals surface area contributed by atoms with Crippen LogP contribution in [0.25, 0.3) is 0 Å². The summed E-state index contributed by atoms with van der Waals surface area (Å²) in [6.45, 7) is 4.39. The van der Waals surface area contributed by atoms with Gasteiger partial charge in [-0.25, -0.2) is 0 Å². The van der Waals surface area contributed by atoms with Gasteiger partial charge in [0.2, 0.25) is 11.8 Å². The fraction of sp³-hybridized carbons (Fsp3) is 0.882. The highest BCUT2D eigenvalue weighted by Gasteiger charge is 2.24. The summed E-state index contributed by atoms with van der Waals surface area (Å²) in [6, 6.07) is 0.399. The molecule has 1 unspecified atom stereocenters. The Kier molecular flexibility index (Phi) is 7.82. The first-order valence-electron chi connectivity index (χ1n) is 8.98. The van der Waals surface area contributed by atoms with Crippen molar-refractivity contribution in [2.75, 3.05) is 46.4 Å². The molecule has 1 atom stereocenters. The number of ether oxygens (including phenoxy) is 1. The second-order valence-corrected chi connectivity index (χ2v) is 6.61. The van der Waals surface area contributed by atoms with E-state index in [2.05, 4.69) is 10.2 Å². The molecule has 0 aromatic carbocycles. The van der Waals surface area contributed by atoms with Crippen LogP contribution in [-0.2, 0) is 14.3 Å². The number of rotatable bonds is 2. The van der Waals surface area contributed by atoms with E-state index in [1.54, 1.807) is 7.11 Å². The summed E-state index contributed by atoms with van der Waals surface area (Å²) in [5.74, 6) is 0.195. The summed E-state index contributed by atoms with van der Waals surface area (Å²) < 4.78 is 4.97. The molecule has 2 saturated heterocycles. The van der Waals surface area contributed by atoms with Gasteiger partial charge in [0.05, 0.1) is 0 Å². The third-order valence-electron chi connectivity index (χ3n) is 4.84. The van der Waals surface area contributed by atoms with E-state index in [-0.39, 0.29) is 18.4 Å². The molecule has 0 aromatic rings. The van der Waals surface area contributed by atoms with Gasteiger partial charge in [0.25, 0.3) is 0 Å². The number of hydrogen-bond acceptors (Lipinski definition) is 4. The first-order valence-corrected chi connectivity index (χ1v) is 8.98. The quantitative estimate of drug-likeness (QED) is 0.823. The average Bonchev–Trinajstić information content (AvgIpc) is 2.55. The van der Waals surface area contributed by atoms with Crippen molar-refractivity contribution in [2.24, 2.45) is 0 Å². The molecule has 132 valence electrons. The Labute approximate surface area is 139 Å². The van der Waals surface area contributed by atoms with Crippen molar-refractivity contribution in [3.63, 3.8) is 0 Å². The molecule has 2 rings (SSSR count). The van der Waals surface area contributed by atoms with Crippen LogP contribution in [0.3, 0.4) is 0 Å². The van der Waals surface area contributed by atoms with Gasteiger partial charge in [0.1, 0.15) is 6.61 Å². The smallest absolute Gasteiger partial charge is 0.248 e. The lowest BCUT2D eigenvalue weighted by Gasteiger charge is -2.35. The van der Waals surface area contributed by atoms with Crippen molar-refractivity contribution in [3.05, 3.63) is 0 Å². The highest BCUT2D eigenvalue weighted by molar-refractivity contribution is 5.77. The van der Waals surface area contributed by atoms with Gasteiger partial charge in [-0.3, -0.25) is 14.5 Å². The molecule has 2 fully saturated rings. The van der Waals surface area contributed by atoms with E-state index >= 15 is 0 Å². The van der Waals surface area contributed by atoms with Gasteiger partial charge in [-0.15, -0.1) is 0 Å². The molecular formula is C17H31N3O3. The van der Waals surface area contributed by atoms with Crippen LogP contribution >= 0.6 is 0 Å². The van der Waals surface area contributed by atoms with Crippen molar-refractivity contribution in [1.29, 1.82) is 0 Å². The highest BCUT2D eigenvalue weighted by atomic mass is 16.5. The van der Waals surface area contributed by atoms with Crippen LogP contribution in [0.1, 0.15) is 44.9 Å². The summed E-state index contributed by atoms with van der Waals surface area (Å²) in [6.07, 6.45) is 7.10. The van der Waals surface area contributed by atoms with Crippen molar-refractivity contribution in [3.8, 4) is 0 Å². The van der Waals surface area contributed by atoms with Crippen LogP contribution in [0.15, 0.2) is 0 Å². The number of hydrogen-bond donors (Lipinski definition) is 1. The fourth-order valence-corrected chi connectivity index (χ4v) is 3.56. The molecule has 6 nitrogen and oxygen atoms in total. The summed E-state index contributed by atoms with van der Waals surface area (Å²) in [5.41, 5.74) is 0. The van der Waals surface area contributed by atoms with Gasteiger partial charge in [0, 0.05) is 39.2 Å². The molecule has 0 spiro atoms. The summed E-state index contributed by atoms with van der Waals surface area (Å²) in [7, 11) is 1.55. The van der Waals surface area contributed by atoms with E-state index < -0.39 is 0 Å². The zero-order valence-corrected chi connectivity index (χ0v) is 14.4. The van der Waals surface area contributed by atoms with Gasteiger partial charge in [0.15, 0.2) is 0 Å². The number of nitrogens with one attached hydrogen (secondary N) is 1. The summed E-state index contributed by atoms with van der Waals surface area (Å²) in [5, 5.41) is 3.01. The molecule has 6 heteroatoms. The Morgan fingerprint density at radius 1 is 1.13 bits per heavy atom. The number of amides is 2. The maximum absolute atomic E-state index is 12.1. The van der Waals surface area contributed by atoms with Crippen molar-refractivity contribution in [1.82, 2.24) is 15.1 Å². The Hall–Kier alpha value is -1.14. The van der Waals surface area contributed by atoms with Gasteiger partial charge in [-0.05, 0) is 45.2 Å². The monoisotopic (exact) mass is 325 g/mol. The maximum Gasteiger partial charge on any atom is 0.248 e. The SMILES string of the molecule is COCC(=O)N1CCCCN2CCCCC2CC(=O)NCCC1. The fourth-order valence-electron chi connectivity index (χ4n) is 3.56. The van der Waals surface area contributed by atoms with Gasteiger partial charge in [-0.2, -0.15) is 0 Å². The molecule has 0 aromatic heterocycles. The third kappa shape index (κ3) is 6.11. The van der Waals surface area contributed by atoms with E-state index in [0.717, 1.165) is 45.3 Å². The average molecular weight is 325 g/mol. The zero-order chi connectivity index (χ0) is 16.5. The molecule has 2 heterocycles. The Morgan fingerprint density at radius 2 is 1.83 bits per heavy atom. The highest BCUT2D eigenvalue weighted by Crippen LogP contribution is 2.20. The molecule has 0 radical (unpaired) electrons. The van der Waals surface area contributed by atoms with Gasteiger partial charge < -0.3 is 15.0 Å². The van der Waals surface area contributed by atoms with Crippen LogP contribution in [0.4, 0.5) is 0 Å². The van der Waals surface area contributed by atoms with Crippen LogP contribution in [0, 0.1) is 0 Å². The van der Waals surface area contributed by atoms with E-state index in [1.807, 2.05) is 4.90 Å². The second kappa shape index (κ2) is 9.88. The lowest BCUT2D eigenvalue weighted by molar-refractivity contribution is -0.135. The van der Waals surface area contributed by atoms with E-state index in [1.165, 1.54) is 12.8 Å². The standard InChI is InChI=1S/C17H31N3O3/c1-23-14-17(22)20-11-5-4-10-19-9-3-2-7-15(19)13-16(21)18-8-6-12-20/h15H,2-14H2,1H3,(H,18,21). The lowest BCUT2D eigenvalue weighted by atomic mass is 9.98. The van der Waals surface area contributed by atoms with Crippen molar-refractivity contribution < 1.29 is 14.3 Å². The zero-order valence-electron chi connectivity index (χ0n) is 14.4. The number of carbonyl (C=O) groups excluding carboxylic acids is 2. The first-order chi connectivity index (χ1) is 11.2. The predicted octanol–water partition coefficient (Wildman–Crippen LogP) is 1.01. The normalized spacial score (nSPS) is 25.5. The van der Waals surface area contributed by atoms with Crippen LogP contribution in [-0.4, -0.2) is 74.1 Å². The van der Waals surface area contributed by atoms with E-state index in [9.17, 15) is 9.59 Å². The molecule has 2 aliphatic heterocycles.